The molecule has 1 heterocycles. The van der Waals surface area contributed by atoms with Crippen LogP contribution >= 0.6 is 0 Å². The average molecular weight is 257 g/mol. The summed E-state index contributed by atoms with van der Waals surface area (Å²) in [7, 11) is 0. The summed E-state index contributed by atoms with van der Waals surface area (Å²) in [6.07, 6.45) is 3.53. The number of rotatable bonds is 5. The molecule has 0 saturated carbocycles. The molecular weight excluding hydrogens is 242 g/mol. The molecule has 2 aromatic rings. The number of hydrogen-bond donors (Lipinski definition) is 2. The summed E-state index contributed by atoms with van der Waals surface area (Å²) in [6.45, 7) is 0.315. The minimum Gasteiger partial charge on any atom is -0.493 e. The standard InChI is InChI=1S/C14H15N3O2/c15-11-3-5-13(6-4-11)19-9-7-14(18)17-12-2-1-8-16-10-12/h1-6,8,10H,7,9,15H2,(H,17,18). The molecule has 0 aliphatic carbocycles. The molecule has 0 aliphatic rings. The summed E-state index contributed by atoms with van der Waals surface area (Å²) in [6, 6.07) is 10.6. The third-order valence-electron chi connectivity index (χ3n) is 2.42. The number of carbonyl (C=O) groups excluding carboxylic acids is 1. The van der Waals surface area contributed by atoms with Crippen molar-refractivity contribution in [2.24, 2.45) is 0 Å². The monoisotopic (exact) mass is 257 g/mol. The summed E-state index contributed by atoms with van der Waals surface area (Å²) < 4.78 is 5.44. The molecule has 0 spiro atoms. The van der Waals surface area contributed by atoms with Crippen LogP contribution in [-0.4, -0.2) is 17.5 Å². The Bertz CT molecular complexity index is 526. The number of nitrogens with one attached hydrogen (secondary N) is 1. The Morgan fingerprint density at radius 1 is 1.26 bits per heavy atom. The molecule has 0 atom stereocenters. The van der Waals surface area contributed by atoms with Gasteiger partial charge in [0, 0.05) is 11.9 Å². The van der Waals surface area contributed by atoms with E-state index in [2.05, 4.69) is 10.3 Å². The smallest absolute Gasteiger partial charge is 0.227 e. The lowest BCUT2D eigenvalue weighted by molar-refractivity contribution is -0.116. The molecule has 1 aromatic carbocycles. The molecule has 0 radical (unpaired) electrons. The van der Waals surface area contributed by atoms with Gasteiger partial charge in [0.15, 0.2) is 0 Å². The lowest BCUT2D eigenvalue weighted by atomic mass is 10.3. The van der Waals surface area contributed by atoms with Crippen molar-refractivity contribution >= 4 is 17.3 Å². The Labute approximate surface area is 111 Å². The van der Waals surface area contributed by atoms with Crippen molar-refractivity contribution in [3.8, 4) is 5.75 Å². The fourth-order valence-electron chi connectivity index (χ4n) is 1.49. The zero-order valence-electron chi connectivity index (χ0n) is 10.4. The van der Waals surface area contributed by atoms with E-state index in [1.54, 1.807) is 48.8 Å². The average Bonchev–Trinajstić information content (AvgIpc) is 2.42. The quantitative estimate of drug-likeness (QED) is 0.804. The molecule has 0 saturated heterocycles. The first-order chi connectivity index (χ1) is 9.24. The van der Waals surface area contributed by atoms with Crippen LogP contribution in [-0.2, 0) is 4.79 Å². The number of ether oxygens (including phenoxy) is 1. The number of nitrogens with two attached hydrogens (primary N) is 1. The number of nitrogens with zero attached hydrogens (tertiary/aromatic N) is 1. The van der Waals surface area contributed by atoms with Crippen LogP contribution in [0.3, 0.4) is 0 Å². The topological polar surface area (TPSA) is 77.2 Å². The van der Waals surface area contributed by atoms with Crippen molar-refractivity contribution in [2.45, 2.75) is 6.42 Å². The molecule has 5 heteroatoms. The van der Waals surface area contributed by atoms with Crippen LogP contribution in [0, 0.1) is 0 Å². The van der Waals surface area contributed by atoms with Crippen molar-refractivity contribution in [1.82, 2.24) is 4.98 Å². The highest BCUT2D eigenvalue weighted by atomic mass is 16.5. The van der Waals surface area contributed by atoms with Crippen LogP contribution in [0.1, 0.15) is 6.42 Å². The van der Waals surface area contributed by atoms with Crippen molar-refractivity contribution in [3.63, 3.8) is 0 Å². The van der Waals surface area contributed by atoms with Crippen molar-refractivity contribution in [2.75, 3.05) is 17.7 Å². The second-order valence-electron chi connectivity index (χ2n) is 3.96. The van der Waals surface area contributed by atoms with Gasteiger partial charge >= 0.3 is 0 Å². The maximum atomic E-state index is 11.6. The molecule has 98 valence electrons. The first kappa shape index (κ1) is 12.9. The van der Waals surface area contributed by atoms with Crippen LogP contribution in [0.5, 0.6) is 5.75 Å². The van der Waals surface area contributed by atoms with Crippen molar-refractivity contribution in [3.05, 3.63) is 48.8 Å². The number of hydrogen-bond acceptors (Lipinski definition) is 4. The van der Waals surface area contributed by atoms with E-state index in [1.165, 1.54) is 0 Å². The van der Waals surface area contributed by atoms with Gasteiger partial charge in [0.25, 0.3) is 0 Å². The van der Waals surface area contributed by atoms with E-state index in [-0.39, 0.29) is 12.3 Å². The summed E-state index contributed by atoms with van der Waals surface area (Å²) in [5, 5.41) is 2.74. The van der Waals surface area contributed by atoms with E-state index in [0.717, 1.165) is 0 Å². The van der Waals surface area contributed by atoms with Crippen LogP contribution in [0.2, 0.25) is 0 Å². The third kappa shape index (κ3) is 4.31. The molecule has 19 heavy (non-hydrogen) atoms. The second-order valence-corrected chi connectivity index (χ2v) is 3.96. The molecule has 0 unspecified atom stereocenters. The first-order valence-electron chi connectivity index (χ1n) is 5.92. The SMILES string of the molecule is Nc1ccc(OCCC(=O)Nc2cccnc2)cc1. The number of amides is 1. The zero-order valence-corrected chi connectivity index (χ0v) is 10.4. The van der Waals surface area contributed by atoms with Gasteiger partial charge in [0.1, 0.15) is 5.75 Å². The Morgan fingerprint density at radius 3 is 2.74 bits per heavy atom. The van der Waals surface area contributed by atoms with Gasteiger partial charge in [-0.1, -0.05) is 0 Å². The van der Waals surface area contributed by atoms with Gasteiger partial charge in [-0.3, -0.25) is 9.78 Å². The van der Waals surface area contributed by atoms with E-state index in [0.29, 0.717) is 23.7 Å². The highest BCUT2D eigenvalue weighted by Crippen LogP contribution is 2.13. The van der Waals surface area contributed by atoms with Crippen molar-refractivity contribution in [1.29, 1.82) is 0 Å². The number of aromatic nitrogens is 1. The molecule has 1 amide bonds. The molecule has 3 N–H and O–H groups in total. The maximum Gasteiger partial charge on any atom is 0.227 e. The van der Waals surface area contributed by atoms with E-state index in [1.807, 2.05) is 0 Å². The normalized spacial score (nSPS) is 9.89. The molecular formula is C14H15N3O2. The summed E-state index contributed by atoms with van der Waals surface area (Å²) in [4.78, 5) is 15.5. The van der Waals surface area contributed by atoms with Crippen molar-refractivity contribution < 1.29 is 9.53 Å². The summed E-state index contributed by atoms with van der Waals surface area (Å²) >= 11 is 0. The van der Waals surface area contributed by atoms with Crippen LogP contribution in [0.25, 0.3) is 0 Å². The van der Waals surface area contributed by atoms with E-state index in [9.17, 15) is 4.79 Å². The summed E-state index contributed by atoms with van der Waals surface area (Å²) in [5.41, 5.74) is 6.93. The number of carbonyl (C=O) groups is 1. The minimum absolute atomic E-state index is 0.108. The zero-order chi connectivity index (χ0) is 13.5. The number of anilines is 2. The molecule has 2 rings (SSSR count). The minimum atomic E-state index is -0.108. The number of nitrogen functional groups attached to an aromatic ring is 1. The number of pyridine rings is 1. The van der Waals surface area contributed by atoms with Gasteiger partial charge in [-0.2, -0.15) is 0 Å². The predicted molar refractivity (Wildman–Crippen MR) is 73.8 cm³/mol. The largest absolute Gasteiger partial charge is 0.493 e. The maximum absolute atomic E-state index is 11.6. The Hall–Kier alpha value is -2.56. The Kier molecular flexibility index (Phi) is 4.34. The lowest BCUT2D eigenvalue weighted by Crippen LogP contribution is -2.15. The fourth-order valence-corrected chi connectivity index (χ4v) is 1.49. The fraction of sp³-hybridized carbons (Fsp3) is 0.143. The highest BCUT2D eigenvalue weighted by molar-refractivity contribution is 5.90. The van der Waals surface area contributed by atoms with Gasteiger partial charge < -0.3 is 15.8 Å². The molecule has 0 aliphatic heterocycles. The lowest BCUT2D eigenvalue weighted by Gasteiger charge is -2.07. The molecule has 5 nitrogen and oxygen atoms in total. The Morgan fingerprint density at radius 2 is 2.05 bits per heavy atom. The van der Waals surface area contributed by atoms with Crippen LogP contribution < -0.4 is 15.8 Å². The third-order valence-corrected chi connectivity index (χ3v) is 2.42. The Balaban J connectivity index is 1.74. The van der Waals surface area contributed by atoms with Crippen LogP contribution in [0.15, 0.2) is 48.8 Å². The van der Waals surface area contributed by atoms with E-state index >= 15 is 0 Å². The van der Waals surface area contributed by atoms with Gasteiger partial charge in [-0.25, -0.2) is 0 Å². The summed E-state index contributed by atoms with van der Waals surface area (Å²) in [5.74, 6) is 0.590. The molecule has 1 aromatic heterocycles. The highest BCUT2D eigenvalue weighted by Gasteiger charge is 2.02. The van der Waals surface area contributed by atoms with Crippen LogP contribution in [0.4, 0.5) is 11.4 Å². The predicted octanol–water partition coefficient (Wildman–Crippen LogP) is 2.07. The number of benzene rings is 1. The van der Waals surface area contributed by atoms with Gasteiger partial charge in [0.2, 0.25) is 5.91 Å². The molecule has 0 bridgehead atoms. The van der Waals surface area contributed by atoms with Gasteiger partial charge in [0.05, 0.1) is 24.9 Å². The van der Waals surface area contributed by atoms with Gasteiger partial charge in [-0.05, 0) is 36.4 Å². The first-order valence-corrected chi connectivity index (χ1v) is 5.92. The second kappa shape index (κ2) is 6.39. The van der Waals surface area contributed by atoms with E-state index < -0.39 is 0 Å². The van der Waals surface area contributed by atoms with E-state index in [4.69, 9.17) is 10.5 Å². The molecule has 0 fully saturated rings. The van der Waals surface area contributed by atoms with Gasteiger partial charge in [-0.15, -0.1) is 0 Å².